The maximum absolute atomic E-state index is 12.8. The van der Waals surface area contributed by atoms with E-state index in [1.165, 1.54) is 0 Å². The predicted octanol–water partition coefficient (Wildman–Crippen LogP) is 5.20. The Bertz CT molecular complexity index is 1440. The van der Waals surface area contributed by atoms with Crippen molar-refractivity contribution in [2.75, 3.05) is 25.4 Å². The predicted molar refractivity (Wildman–Crippen MR) is 149 cm³/mol. The molecule has 5 rings (SSSR count). The molecule has 2 atom stereocenters. The van der Waals surface area contributed by atoms with Gasteiger partial charge in [-0.3, -0.25) is 9.47 Å². The van der Waals surface area contributed by atoms with E-state index < -0.39 is 5.60 Å². The van der Waals surface area contributed by atoms with Crippen molar-refractivity contribution in [3.63, 3.8) is 0 Å². The van der Waals surface area contributed by atoms with E-state index in [0.29, 0.717) is 25.5 Å². The molecule has 0 saturated carbocycles. The highest BCUT2D eigenvalue weighted by molar-refractivity contribution is 5.82. The number of anilines is 1. The zero-order chi connectivity index (χ0) is 27.0. The minimum absolute atomic E-state index is 0.0180. The SMILES string of the molecule is CC(N1CCN(C(=O)OC(C)(C)C)[C@H](C)C1)n1c(-c2cccnc2N)nc2ccc(-c3ccccc3)nc21. The molecule has 1 saturated heterocycles. The average molecular weight is 514 g/mol. The molecule has 1 aliphatic heterocycles. The van der Waals surface area contributed by atoms with Crippen molar-refractivity contribution in [2.45, 2.75) is 52.4 Å². The number of ether oxygens (including phenoxy) is 1. The summed E-state index contributed by atoms with van der Waals surface area (Å²) in [7, 11) is 0. The number of nitrogens with zero attached hydrogens (tertiary/aromatic N) is 6. The van der Waals surface area contributed by atoms with Crippen LogP contribution in [-0.4, -0.2) is 66.7 Å². The molecular weight excluding hydrogens is 478 g/mol. The lowest BCUT2D eigenvalue weighted by molar-refractivity contribution is -0.00860. The van der Waals surface area contributed by atoms with Crippen LogP contribution in [0, 0.1) is 0 Å². The molecule has 9 nitrogen and oxygen atoms in total. The lowest BCUT2D eigenvalue weighted by Crippen LogP contribution is -2.55. The van der Waals surface area contributed by atoms with E-state index >= 15 is 0 Å². The fourth-order valence-corrected chi connectivity index (χ4v) is 4.97. The summed E-state index contributed by atoms with van der Waals surface area (Å²) in [6.45, 7) is 11.8. The Balaban J connectivity index is 1.53. The molecule has 1 aliphatic rings. The van der Waals surface area contributed by atoms with Crippen LogP contribution < -0.4 is 5.73 Å². The van der Waals surface area contributed by atoms with Crippen LogP contribution in [0.15, 0.2) is 60.8 Å². The molecule has 3 aromatic heterocycles. The number of nitrogen functional groups attached to an aromatic ring is 1. The van der Waals surface area contributed by atoms with Crippen molar-refractivity contribution in [1.82, 2.24) is 29.3 Å². The average Bonchev–Trinajstić information content (AvgIpc) is 3.26. The molecule has 0 aliphatic carbocycles. The Kier molecular flexibility index (Phi) is 6.79. The number of fused-ring (bicyclic) bond motifs is 1. The number of benzene rings is 1. The minimum atomic E-state index is -0.530. The fraction of sp³-hybridized carbons (Fsp3) is 0.379. The zero-order valence-electron chi connectivity index (χ0n) is 22.6. The molecule has 1 unspecified atom stereocenters. The lowest BCUT2D eigenvalue weighted by atomic mass is 10.1. The highest BCUT2D eigenvalue weighted by Crippen LogP contribution is 2.33. The van der Waals surface area contributed by atoms with Gasteiger partial charge in [0.15, 0.2) is 5.65 Å². The van der Waals surface area contributed by atoms with Crippen LogP contribution in [0.2, 0.25) is 0 Å². The molecule has 1 amide bonds. The van der Waals surface area contributed by atoms with Crippen molar-refractivity contribution < 1.29 is 9.53 Å². The molecule has 198 valence electrons. The van der Waals surface area contributed by atoms with Crippen molar-refractivity contribution >= 4 is 23.1 Å². The van der Waals surface area contributed by atoms with Gasteiger partial charge in [-0.1, -0.05) is 30.3 Å². The number of hydrogen-bond acceptors (Lipinski definition) is 7. The highest BCUT2D eigenvalue weighted by Gasteiger charge is 2.34. The maximum atomic E-state index is 12.8. The Morgan fingerprint density at radius 2 is 1.82 bits per heavy atom. The van der Waals surface area contributed by atoms with E-state index in [9.17, 15) is 4.79 Å². The normalized spacial score (nSPS) is 17.5. The number of imidazole rings is 1. The second kappa shape index (κ2) is 10.1. The number of aromatic nitrogens is 4. The van der Waals surface area contributed by atoms with Gasteiger partial charge in [0.1, 0.15) is 22.8 Å². The molecule has 0 radical (unpaired) electrons. The first-order valence-corrected chi connectivity index (χ1v) is 13.0. The number of pyridine rings is 2. The van der Waals surface area contributed by atoms with Crippen LogP contribution in [0.4, 0.5) is 10.6 Å². The molecule has 4 heterocycles. The van der Waals surface area contributed by atoms with Crippen molar-refractivity contribution in [2.24, 2.45) is 0 Å². The Morgan fingerprint density at radius 1 is 1.05 bits per heavy atom. The van der Waals surface area contributed by atoms with E-state index in [2.05, 4.69) is 40.4 Å². The largest absolute Gasteiger partial charge is 0.444 e. The number of piperazine rings is 1. The number of amides is 1. The Hall–Kier alpha value is -3.98. The van der Waals surface area contributed by atoms with Gasteiger partial charge < -0.3 is 15.4 Å². The third-order valence-electron chi connectivity index (χ3n) is 6.88. The quantitative estimate of drug-likeness (QED) is 0.400. The minimum Gasteiger partial charge on any atom is -0.444 e. The highest BCUT2D eigenvalue weighted by atomic mass is 16.6. The molecule has 9 heteroatoms. The summed E-state index contributed by atoms with van der Waals surface area (Å²) in [5.74, 6) is 1.14. The van der Waals surface area contributed by atoms with Gasteiger partial charge >= 0.3 is 6.09 Å². The van der Waals surface area contributed by atoms with Gasteiger partial charge in [0.05, 0.1) is 17.4 Å². The number of hydrogen-bond donors (Lipinski definition) is 1. The second-order valence-electron chi connectivity index (χ2n) is 10.8. The summed E-state index contributed by atoms with van der Waals surface area (Å²) in [6, 6.07) is 17.9. The van der Waals surface area contributed by atoms with Gasteiger partial charge in [-0.2, -0.15) is 0 Å². The van der Waals surface area contributed by atoms with Crippen LogP contribution in [0.25, 0.3) is 33.8 Å². The van der Waals surface area contributed by atoms with E-state index in [0.717, 1.165) is 33.8 Å². The van der Waals surface area contributed by atoms with Crippen molar-refractivity contribution in [1.29, 1.82) is 0 Å². The van der Waals surface area contributed by atoms with E-state index in [-0.39, 0.29) is 18.3 Å². The molecule has 1 aromatic carbocycles. The third kappa shape index (κ3) is 5.06. The summed E-state index contributed by atoms with van der Waals surface area (Å²) in [6.07, 6.45) is 1.30. The van der Waals surface area contributed by atoms with Crippen LogP contribution in [-0.2, 0) is 4.74 Å². The number of carbonyl (C=O) groups is 1. The molecule has 1 fully saturated rings. The number of rotatable bonds is 4. The standard InChI is InChI=1S/C29H35N7O2/c1-19-18-34(16-17-35(19)28(37)38-29(3,4)5)20(2)36-26(22-12-9-15-31-25(22)30)33-24-14-13-23(32-27(24)36)21-10-7-6-8-11-21/h6-15,19-20H,16-18H2,1-5H3,(H2,30,31)/t19-,20?/m1/s1. The number of nitrogens with two attached hydrogens (primary N) is 1. The molecule has 2 N–H and O–H groups in total. The molecular formula is C29H35N7O2. The van der Waals surface area contributed by atoms with E-state index in [4.69, 9.17) is 20.4 Å². The van der Waals surface area contributed by atoms with Crippen molar-refractivity contribution in [3.05, 3.63) is 60.8 Å². The summed E-state index contributed by atoms with van der Waals surface area (Å²) in [5.41, 5.74) is 10.0. The second-order valence-corrected chi connectivity index (χ2v) is 10.8. The third-order valence-corrected chi connectivity index (χ3v) is 6.88. The zero-order valence-corrected chi connectivity index (χ0v) is 22.6. The van der Waals surface area contributed by atoms with Gasteiger partial charge in [0, 0.05) is 37.4 Å². The van der Waals surface area contributed by atoms with Crippen LogP contribution >= 0.6 is 0 Å². The summed E-state index contributed by atoms with van der Waals surface area (Å²) < 4.78 is 7.78. The fourth-order valence-electron chi connectivity index (χ4n) is 4.97. The van der Waals surface area contributed by atoms with Gasteiger partial charge in [-0.25, -0.2) is 19.7 Å². The Morgan fingerprint density at radius 3 is 2.50 bits per heavy atom. The number of carbonyl (C=O) groups excluding carboxylic acids is 1. The first-order chi connectivity index (χ1) is 18.1. The summed E-state index contributed by atoms with van der Waals surface area (Å²) >= 11 is 0. The maximum Gasteiger partial charge on any atom is 0.410 e. The van der Waals surface area contributed by atoms with Gasteiger partial charge in [0.2, 0.25) is 0 Å². The molecule has 0 bridgehead atoms. The van der Waals surface area contributed by atoms with Crippen LogP contribution in [0.1, 0.15) is 40.8 Å². The molecule has 38 heavy (non-hydrogen) atoms. The topological polar surface area (TPSA) is 102 Å². The lowest BCUT2D eigenvalue weighted by Gasteiger charge is -2.43. The van der Waals surface area contributed by atoms with Gasteiger partial charge in [-0.05, 0) is 58.9 Å². The van der Waals surface area contributed by atoms with Crippen molar-refractivity contribution in [3.8, 4) is 22.6 Å². The van der Waals surface area contributed by atoms with Gasteiger partial charge in [-0.15, -0.1) is 0 Å². The first-order valence-electron chi connectivity index (χ1n) is 13.0. The summed E-state index contributed by atoms with van der Waals surface area (Å²) in [5, 5.41) is 0. The molecule has 4 aromatic rings. The Labute approximate surface area is 223 Å². The van der Waals surface area contributed by atoms with Crippen LogP contribution in [0.3, 0.4) is 0 Å². The smallest absolute Gasteiger partial charge is 0.410 e. The monoisotopic (exact) mass is 513 g/mol. The van der Waals surface area contributed by atoms with E-state index in [1.807, 2.05) is 68.1 Å². The summed E-state index contributed by atoms with van der Waals surface area (Å²) in [4.78, 5) is 31.3. The van der Waals surface area contributed by atoms with Gasteiger partial charge in [0.25, 0.3) is 0 Å². The van der Waals surface area contributed by atoms with Crippen LogP contribution in [0.5, 0.6) is 0 Å². The van der Waals surface area contributed by atoms with E-state index in [1.54, 1.807) is 6.20 Å². The molecule has 0 spiro atoms. The first kappa shape index (κ1) is 25.7.